The van der Waals surface area contributed by atoms with E-state index in [2.05, 4.69) is 13.8 Å². The molecule has 0 bridgehead atoms. The molecule has 0 radical (unpaired) electrons. The molecule has 0 aliphatic carbocycles. The van der Waals surface area contributed by atoms with Crippen LogP contribution in [-0.2, 0) is 14.3 Å². The minimum Gasteiger partial charge on any atom is -0.457 e. The quantitative estimate of drug-likeness (QED) is 0.0561. The molecule has 0 saturated carbocycles. The largest absolute Gasteiger partial charge is 0.457 e. The molecule has 0 aromatic carbocycles. The Bertz CT molecular complexity index is 523. The summed E-state index contributed by atoms with van der Waals surface area (Å²) in [4.78, 5) is 12.1. The number of carbonyl (C=O) groups excluding carboxylic acids is 1. The Balaban J connectivity index is 3.28. The van der Waals surface area contributed by atoms with Crippen molar-refractivity contribution in [2.75, 3.05) is 19.8 Å². The van der Waals surface area contributed by atoms with Crippen molar-refractivity contribution in [3.8, 4) is 0 Å². The molecule has 0 fully saturated rings. The highest BCUT2D eigenvalue weighted by atomic mass is 16.6. The maximum atomic E-state index is 12.1. The number of hydrogen-bond acceptors (Lipinski definition) is 4. The van der Waals surface area contributed by atoms with Crippen LogP contribution in [0.25, 0.3) is 0 Å². The molecule has 1 unspecified atom stereocenters. The molecule has 0 rings (SSSR count). The number of esters is 1. The zero-order valence-corrected chi connectivity index (χ0v) is 29.5. The third-order valence-electron chi connectivity index (χ3n) is 8.93. The third kappa shape index (κ3) is 35.7. The van der Waals surface area contributed by atoms with Crippen LogP contribution in [0, 0.1) is 0 Å². The van der Waals surface area contributed by atoms with Gasteiger partial charge in [0.15, 0.2) is 0 Å². The molecule has 0 aliphatic heterocycles. The lowest BCUT2D eigenvalue weighted by atomic mass is 10.0. The van der Waals surface area contributed by atoms with Gasteiger partial charge in [-0.25, -0.2) is 0 Å². The first-order valence-electron chi connectivity index (χ1n) is 19.6. The minimum atomic E-state index is -0.521. The summed E-state index contributed by atoms with van der Waals surface area (Å²) >= 11 is 0. The van der Waals surface area contributed by atoms with Gasteiger partial charge in [0.2, 0.25) is 0 Å². The molecule has 4 nitrogen and oxygen atoms in total. The normalized spacial score (nSPS) is 12.2. The second-order valence-electron chi connectivity index (χ2n) is 13.4. The maximum absolute atomic E-state index is 12.1. The van der Waals surface area contributed by atoms with Crippen molar-refractivity contribution < 1.29 is 19.4 Å². The van der Waals surface area contributed by atoms with Gasteiger partial charge in [-0.05, 0) is 12.8 Å². The Morgan fingerprint density at radius 2 is 0.767 bits per heavy atom. The van der Waals surface area contributed by atoms with Crippen LogP contribution in [0.4, 0.5) is 0 Å². The van der Waals surface area contributed by atoms with Crippen LogP contribution in [0.1, 0.15) is 219 Å². The maximum Gasteiger partial charge on any atom is 0.306 e. The molecule has 0 amide bonds. The summed E-state index contributed by atoms with van der Waals surface area (Å²) in [6.07, 6.45) is 41.8. The highest BCUT2D eigenvalue weighted by molar-refractivity contribution is 5.69. The first-order chi connectivity index (χ1) is 21.2. The van der Waals surface area contributed by atoms with E-state index in [0.717, 1.165) is 19.3 Å². The number of ether oxygens (including phenoxy) is 2. The minimum absolute atomic E-state index is 0.165. The smallest absolute Gasteiger partial charge is 0.306 e. The fourth-order valence-corrected chi connectivity index (χ4v) is 5.98. The number of carbonyl (C=O) groups is 1. The van der Waals surface area contributed by atoms with E-state index in [-0.39, 0.29) is 12.6 Å². The summed E-state index contributed by atoms with van der Waals surface area (Å²) in [5.41, 5.74) is 0. The topological polar surface area (TPSA) is 55.8 Å². The summed E-state index contributed by atoms with van der Waals surface area (Å²) < 4.78 is 11.0. The van der Waals surface area contributed by atoms with Gasteiger partial charge in [0.1, 0.15) is 6.10 Å². The highest BCUT2D eigenvalue weighted by Gasteiger charge is 2.13. The number of aliphatic hydroxyl groups is 1. The lowest BCUT2D eigenvalue weighted by Gasteiger charge is -2.15. The van der Waals surface area contributed by atoms with E-state index in [4.69, 9.17) is 9.47 Å². The van der Waals surface area contributed by atoms with Gasteiger partial charge < -0.3 is 14.6 Å². The lowest BCUT2D eigenvalue weighted by Crippen LogP contribution is -2.27. The molecule has 0 aromatic heterocycles. The van der Waals surface area contributed by atoms with Crippen molar-refractivity contribution in [2.45, 2.75) is 225 Å². The molecule has 0 spiro atoms. The molecule has 0 aliphatic rings. The van der Waals surface area contributed by atoms with E-state index in [1.807, 2.05) is 0 Å². The predicted octanol–water partition coefficient (Wildman–Crippen LogP) is 12.4. The zero-order valence-electron chi connectivity index (χ0n) is 29.5. The molecule has 1 atom stereocenters. The summed E-state index contributed by atoms with van der Waals surface area (Å²) in [6, 6.07) is 0. The Labute approximate surface area is 270 Å². The molecule has 4 heteroatoms. The van der Waals surface area contributed by atoms with Crippen molar-refractivity contribution in [1.82, 2.24) is 0 Å². The van der Waals surface area contributed by atoms with Gasteiger partial charge in [0.25, 0.3) is 0 Å². The summed E-state index contributed by atoms with van der Waals surface area (Å²) in [7, 11) is 0. The fourth-order valence-electron chi connectivity index (χ4n) is 5.98. The fraction of sp³-hybridized carbons (Fsp3) is 0.974. The van der Waals surface area contributed by atoms with Gasteiger partial charge in [0, 0.05) is 13.0 Å². The van der Waals surface area contributed by atoms with E-state index in [9.17, 15) is 9.90 Å². The average molecular weight is 611 g/mol. The van der Waals surface area contributed by atoms with Gasteiger partial charge in [-0.3, -0.25) is 4.79 Å². The average Bonchev–Trinajstić information content (AvgIpc) is 3.01. The number of rotatable bonds is 37. The second kappa shape index (κ2) is 37.6. The van der Waals surface area contributed by atoms with Gasteiger partial charge >= 0.3 is 5.97 Å². The summed E-state index contributed by atoms with van der Waals surface area (Å²) in [5, 5.41) is 9.48. The van der Waals surface area contributed by atoms with E-state index >= 15 is 0 Å². The molecular formula is C39H78O4. The van der Waals surface area contributed by atoms with Crippen molar-refractivity contribution in [2.24, 2.45) is 0 Å². The molecule has 258 valence electrons. The van der Waals surface area contributed by atoms with Crippen LogP contribution >= 0.6 is 0 Å². The Hall–Kier alpha value is -0.610. The SMILES string of the molecule is CCCCCCCCCCCCCCCCCCCCCCCCCCCC(=O)OC(CO)COCCCCCCCC. The van der Waals surface area contributed by atoms with E-state index in [1.165, 1.54) is 180 Å². The zero-order chi connectivity index (χ0) is 31.3. The molecule has 0 heterocycles. The monoisotopic (exact) mass is 611 g/mol. The van der Waals surface area contributed by atoms with Gasteiger partial charge in [0.05, 0.1) is 13.2 Å². The first-order valence-corrected chi connectivity index (χ1v) is 19.6. The Morgan fingerprint density at radius 1 is 0.465 bits per heavy atom. The van der Waals surface area contributed by atoms with Crippen LogP contribution in [-0.4, -0.2) is 37.0 Å². The number of aliphatic hydroxyl groups excluding tert-OH is 1. The second-order valence-corrected chi connectivity index (χ2v) is 13.4. The highest BCUT2D eigenvalue weighted by Crippen LogP contribution is 2.16. The standard InChI is InChI=1S/C39H78O4/c1-3-5-7-9-11-12-13-14-15-16-17-18-19-20-21-22-23-24-25-26-27-28-29-30-32-34-39(41)43-38(36-40)37-42-35-33-31-10-8-6-4-2/h38,40H,3-37H2,1-2H3. The first kappa shape index (κ1) is 42.4. The van der Waals surface area contributed by atoms with Crippen molar-refractivity contribution in [3.63, 3.8) is 0 Å². The van der Waals surface area contributed by atoms with Crippen LogP contribution < -0.4 is 0 Å². The predicted molar refractivity (Wildman–Crippen MR) is 187 cm³/mol. The summed E-state index contributed by atoms with van der Waals surface area (Å²) in [5.74, 6) is -0.198. The van der Waals surface area contributed by atoms with Crippen LogP contribution in [0.3, 0.4) is 0 Å². The van der Waals surface area contributed by atoms with Crippen LogP contribution in [0.15, 0.2) is 0 Å². The van der Waals surface area contributed by atoms with Crippen molar-refractivity contribution >= 4 is 5.97 Å². The molecule has 43 heavy (non-hydrogen) atoms. The van der Waals surface area contributed by atoms with Gasteiger partial charge in [-0.2, -0.15) is 0 Å². The van der Waals surface area contributed by atoms with Gasteiger partial charge in [-0.15, -0.1) is 0 Å². The molecular weight excluding hydrogens is 532 g/mol. The Kier molecular flexibility index (Phi) is 37.0. The van der Waals surface area contributed by atoms with E-state index < -0.39 is 6.10 Å². The molecule has 0 aromatic rings. The van der Waals surface area contributed by atoms with Gasteiger partial charge in [-0.1, -0.05) is 200 Å². The number of unbranched alkanes of at least 4 members (excludes halogenated alkanes) is 29. The van der Waals surface area contributed by atoms with E-state index in [1.54, 1.807) is 0 Å². The van der Waals surface area contributed by atoms with E-state index in [0.29, 0.717) is 19.6 Å². The van der Waals surface area contributed by atoms with Crippen LogP contribution in [0.5, 0.6) is 0 Å². The molecule has 1 N–H and O–H groups in total. The van der Waals surface area contributed by atoms with Crippen molar-refractivity contribution in [3.05, 3.63) is 0 Å². The Morgan fingerprint density at radius 3 is 1.09 bits per heavy atom. The summed E-state index contributed by atoms with van der Waals surface area (Å²) in [6.45, 7) is 5.34. The lowest BCUT2D eigenvalue weighted by molar-refractivity contribution is -0.154. The van der Waals surface area contributed by atoms with Crippen molar-refractivity contribution in [1.29, 1.82) is 0 Å². The third-order valence-corrected chi connectivity index (χ3v) is 8.93. The number of hydrogen-bond donors (Lipinski definition) is 1. The molecule has 0 saturated heterocycles. The van der Waals surface area contributed by atoms with Crippen LogP contribution in [0.2, 0.25) is 0 Å².